The van der Waals surface area contributed by atoms with Gasteiger partial charge in [0.15, 0.2) is 0 Å². The minimum atomic E-state index is -4.75. The van der Waals surface area contributed by atoms with Crippen LogP contribution in [0.15, 0.2) is 35.4 Å². The smallest absolute Gasteiger partial charge is 0.417 e. The number of hydrogen-bond acceptors (Lipinski definition) is 4. The minimum absolute atomic E-state index is 0.103. The molecule has 3 N–H and O–H groups in total. The highest BCUT2D eigenvalue weighted by Crippen LogP contribution is 2.38. The van der Waals surface area contributed by atoms with Gasteiger partial charge in [0.1, 0.15) is 11.5 Å². The molecule has 0 radical (unpaired) electrons. The van der Waals surface area contributed by atoms with Crippen LogP contribution in [0.4, 0.5) is 13.2 Å². The van der Waals surface area contributed by atoms with Crippen LogP contribution < -0.4 is 5.43 Å². The molecule has 0 unspecified atom stereocenters. The number of benzene rings is 2. The zero-order valence-electron chi connectivity index (χ0n) is 12.7. The van der Waals surface area contributed by atoms with Crippen molar-refractivity contribution in [2.75, 3.05) is 0 Å². The van der Waals surface area contributed by atoms with Gasteiger partial charge in [0.05, 0.1) is 27.9 Å². The summed E-state index contributed by atoms with van der Waals surface area (Å²) in [5, 5.41) is 22.5. The monoisotopic (exact) mass is 372 g/mol. The van der Waals surface area contributed by atoms with Gasteiger partial charge in [-0.15, -0.1) is 0 Å². The Balaban J connectivity index is 2.28. The van der Waals surface area contributed by atoms with Crippen LogP contribution in [0.1, 0.15) is 27.0 Å². The number of rotatable bonds is 3. The second-order valence-corrected chi connectivity index (χ2v) is 5.48. The summed E-state index contributed by atoms with van der Waals surface area (Å²) < 4.78 is 38.9. The van der Waals surface area contributed by atoms with Gasteiger partial charge in [-0.25, -0.2) is 5.43 Å². The summed E-state index contributed by atoms with van der Waals surface area (Å²) in [4.78, 5) is 11.9. The first-order valence-electron chi connectivity index (χ1n) is 6.83. The van der Waals surface area contributed by atoms with Gasteiger partial charge in [-0.1, -0.05) is 17.7 Å². The summed E-state index contributed by atoms with van der Waals surface area (Å²) in [6, 6.07) is 5.86. The molecule has 9 heteroatoms. The Morgan fingerprint density at radius 1 is 1.24 bits per heavy atom. The number of halogens is 4. The number of hydrogen-bond donors (Lipinski definition) is 3. The van der Waals surface area contributed by atoms with Crippen molar-refractivity contribution in [3.63, 3.8) is 0 Å². The Kier molecular flexibility index (Phi) is 5.22. The molecule has 0 aliphatic heterocycles. The lowest BCUT2D eigenvalue weighted by molar-refractivity contribution is -0.137. The van der Waals surface area contributed by atoms with Crippen LogP contribution in [0.5, 0.6) is 11.5 Å². The molecule has 2 aromatic carbocycles. The van der Waals surface area contributed by atoms with E-state index in [1.807, 2.05) is 5.43 Å². The Bertz CT molecular complexity index is 851. The molecule has 0 saturated heterocycles. The van der Waals surface area contributed by atoms with E-state index in [2.05, 4.69) is 5.10 Å². The molecule has 25 heavy (non-hydrogen) atoms. The van der Waals surface area contributed by atoms with Crippen molar-refractivity contribution in [3.8, 4) is 11.5 Å². The highest BCUT2D eigenvalue weighted by molar-refractivity contribution is 6.32. The molecule has 0 fully saturated rings. The van der Waals surface area contributed by atoms with Crippen molar-refractivity contribution in [1.29, 1.82) is 0 Å². The van der Waals surface area contributed by atoms with E-state index < -0.39 is 29.0 Å². The molecular weight excluding hydrogens is 361 g/mol. The summed E-state index contributed by atoms with van der Waals surface area (Å²) in [6.45, 7) is 1.71. The Hall–Kier alpha value is -2.74. The molecule has 132 valence electrons. The average Bonchev–Trinajstić information content (AvgIpc) is 2.50. The second kappa shape index (κ2) is 7.02. The summed E-state index contributed by atoms with van der Waals surface area (Å²) in [7, 11) is 0. The highest BCUT2D eigenvalue weighted by Gasteiger charge is 2.34. The maximum absolute atomic E-state index is 13.0. The van der Waals surface area contributed by atoms with Crippen LogP contribution in [0.25, 0.3) is 0 Å². The summed E-state index contributed by atoms with van der Waals surface area (Å²) in [5.41, 5.74) is 0.750. The summed E-state index contributed by atoms with van der Waals surface area (Å²) >= 11 is 5.61. The third-order valence-corrected chi connectivity index (χ3v) is 3.54. The fourth-order valence-electron chi connectivity index (χ4n) is 2.01. The van der Waals surface area contributed by atoms with Crippen LogP contribution in [-0.4, -0.2) is 22.3 Å². The Morgan fingerprint density at radius 2 is 1.92 bits per heavy atom. The maximum atomic E-state index is 13.0. The van der Waals surface area contributed by atoms with Gasteiger partial charge in [-0.3, -0.25) is 4.79 Å². The number of carbonyl (C=O) groups excluding carboxylic acids is 1. The average molecular weight is 373 g/mol. The number of hydrazone groups is 1. The zero-order chi connectivity index (χ0) is 18.8. The summed E-state index contributed by atoms with van der Waals surface area (Å²) in [5.74, 6) is -1.94. The first-order valence-corrected chi connectivity index (χ1v) is 7.20. The van der Waals surface area contributed by atoms with Gasteiger partial charge < -0.3 is 10.2 Å². The number of carbonyl (C=O) groups is 1. The molecular formula is C16H12ClF3N2O3. The standard InChI is InChI=1S/C16H12ClF3N2O3/c1-8-2-3-9(13(23)6-8)15(25)22-21-7-10-11(16(18,19)20)4-5-12(17)14(10)24/h2-7,23-24H,1H3,(H,22,25). The quantitative estimate of drug-likeness (QED) is 0.565. The van der Waals surface area contributed by atoms with E-state index >= 15 is 0 Å². The normalized spacial score (nSPS) is 11.7. The van der Waals surface area contributed by atoms with Crippen molar-refractivity contribution in [2.24, 2.45) is 5.10 Å². The number of alkyl halides is 3. The molecule has 0 aliphatic carbocycles. The van der Waals surface area contributed by atoms with Gasteiger partial charge in [-0.2, -0.15) is 18.3 Å². The Labute approximate surface area is 145 Å². The molecule has 5 nitrogen and oxygen atoms in total. The number of phenols is 2. The van der Waals surface area contributed by atoms with Crippen molar-refractivity contribution in [2.45, 2.75) is 13.1 Å². The molecule has 0 bridgehead atoms. The van der Waals surface area contributed by atoms with Crippen LogP contribution in [0.2, 0.25) is 5.02 Å². The van der Waals surface area contributed by atoms with E-state index in [4.69, 9.17) is 11.6 Å². The molecule has 0 heterocycles. The molecule has 0 aliphatic rings. The zero-order valence-corrected chi connectivity index (χ0v) is 13.5. The third kappa shape index (κ3) is 4.21. The lowest BCUT2D eigenvalue weighted by Gasteiger charge is -2.12. The molecule has 2 rings (SSSR count). The number of aromatic hydroxyl groups is 2. The maximum Gasteiger partial charge on any atom is 0.417 e. The predicted molar refractivity (Wildman–Crippen MR) is 86.0 cm³/mol. The lowest BCUT2D eigenvalue weighted by atomic mass is 10.1. The van der Waals surface area contributed by atoms with Crippen LogP contribution in [0.3, 0.4) is 0 Å². The van der Waals surface area contributed by atoms with Crippen LogP contribution in [0, 0.1) is 6.92 Å². The molecule has 0 atom stereocenters. The largest absolute Gasteiger partial charge is 0.507 e. The number of nitrogens with zero attached hydrogens (tertiary/aromatic N) is 1. The molecule has 1 amide bonds. The fraction of sp³-hybridized carbons (Fsp3) is 0.125. The lowest BCUT2D eigenvalue weighted by Crippen LogP contribution is -2.18. The first kappa shape index (κ1) is 18.6. The van der Waals surface area contributed by atoms with Crippen LogP contribution in [-0.2, 0) is 6.18 Å². The fourth-order valence-corrected chi connectivity index (χ4v) is 2.17. The molecule has 0 aromatic heterocycles. The van der Waals surface area contributed by atoms with E-state index in [0.717, 1.165) is 11.6 Å². The molecule has 2 aromatic rings. The molecule has 0 saturated carbocycles. The number of amides is 1. The van der Waals surface area contributed by atoms with Crippen molar-refractivity contribution in [3.05, 3.63) is 57.6 Å². The van der Waals surface area contributed by atoms with E-state index in [9.17, 15) is 28.2 Å². The van der Waals surface area contributed by atoms with Gasteiger partial charge >= 0.3 is 6.18 Å². The van der Waals surface area contributed by atoms with E-state index in [1.165, 1.54) is 12.1 Å². The number of nitrogens with one attached hydrogen (secondary N) is 1. The van der Waals surface area contributed by atoms with Crippen LogP contribution >= 0.6 is 11.6 Å². The molecule has 0 spiro atoms. The summed E-state index contributed by atoms with van der Waals surface area (Å²) in [6.07, 6.45) is -4.12. The van der Waals surface area contributed by atoms with Crippen molar-refractivity contribution >= 4 is 23.7 Å². The van der Waals surface area contributed by atoms with Crippen molar-refractivity contribution < 1.29 is 28.2 Å². The minimum Gasteiger partial charge on any atom is -0.507 e. The number of phenolic OH excluding ortho intramolecular Hbond substituents is 2. The van der Waals surface area contributed by atoms with Gasteiger partial charge in [0.2, 0.25) is 0 Å². The predicted octanol–water partition coefficient (Wildman–Crippen LogP) is 3.84. The first-order chi connectivity index (χ1) is 11.6. The Morgan fingerprint density at radius 3 is 2.52 bits per heavy atom. The number of aryl methyl sites for hydroxylation is 1. The van der Waals surface area contributed by atoms with Gasteiger partial charge in [-0.05, 0) is 36.8 Å². The topological polar surface area (TPSA) is 81.9 Å². The third-order valence-electron chi connectivity index (χ3n) is 3.23. The van der Waals surface area contributed by atoms with Crippen molar-refractivity contribution in [1.82, 2.24) is 5.43 Å². The van der Waals surface area contributed by atoms with Gasteiger partial charge in [0.25, 0.3) is 5.91 Å². The highest BCUT2D eigenvalue weighted by atomic mass is 35.5. The second-order valence-electron chi connectivity index (χ2n) is 5.07. The SMILES string of the molecule is Cc1ccc(C(=O)NN=Cc2c(C(F)(F)F)ccc(Cl)c2O)c(O)c1. The van der Waals surface area contributed by atoms with E-state index in [-0.39, 0.29) is 16.3 Å². The van der Waals surface area contributed by atoms with E-state index in [1.54, 1.807) is 13.0 Å². The van der Waals surface area contributed by atoms with E-state index in [0.29, 0.717) is 12.3 Å². The van der Waals surface area contributed by atoms with Gasteiger partial charge in [0, 0.05) is 0 Å².